The molecule has 0 N–H and O–H groups in total. The second kappa shape index (κ2) is 6.70. The number of amides is 2. The highest BCUT2D eigenvalue weighted by molar-refractivity contribution is 5.77. The van der Waals surface area contributed by atoms with Crippen molar-refractivity contribution in [3.8, 4) is 12.3 Å². The summed E-state index contributed by atoms with van der Waals surface area (Å²) < 4.78 is 0. The first-order valence-electron chi connectivity index (χ1n) is 7.47. The number of terminal acetylenes is 1. The summed E-state index contributed by atoms with van der Waals surface area (Å²) >= 11 is 0. The zero-order valence-electron chi connectivity index (χ0n) is 12.5. The van der Waals surface area contributed by atoms with E-state index in [4.69, 9.17) is 6.42 Å². The zero-order chi connectivity index (χ0) is 15.3. The van der Waals surface area contributed by atoms with Crippen LogP contribution in [0.2, 0.25) is 0 Å². The quantitative estimate of drug-likeness (QED) is 0.719. The lowest BCUT2D eigenvalue weighted by Crippen LogP contribution is -2.36. The van der Waals surface area contributed by atoms with Crippen LogP contribution in [0, 0.1) is 12.3 Å². The van der Waals surface area contributed by atoms with Crippen molar-refractivity contribution < 1.29 is 9.59 Å². The Bertz CT molecular complexity index is 475. The second-order valence-electron chi connectivity index (χ2n) is 5.63. The standard InChI is InChI=1S/C15H22N4O2/c1-3-4-7-15(16-17-15)8-6-14(21)19-10-5-9-18(11-12-19)13(2)20/h1H,4-12H2,2H3. The third-order valence-electron chi connectivity index (χ3n) is 4.09. The third kappa shape index (κ3) is 4.28. The van der Waals surface area contributed by atoms with Gasteiger partial charge in [0, 0.05) is 58.8 Å². The van der Waals surface area contributed by atoms with E-state index in [0.29, 0.717) is 38.9 Å². The topological polar surface area (TPSA) is 65.3 Å². The molecular formula is C15H22N4O2. The van der Waals surface area contributed by atoms with Gasteiger partial charge >= 0.3 is 0 Å². The van der Waals surface area contributed by atoms with Gasteiger partial charge in [-0.25, -0.2) is 0 Å². The van der Waals surface area contributed by atoms with E-state index in [2.05, 4.69) is 16.1 Å². The largest absolute Gasteiger partial charge is 0.341 e. The maximum atomic E-state index is 12.3. The average Bonchev–Trinajstić information content (AvgIpc) is 3.26. The normalized spacial score (nSPS) is 19.8. The molecule has 0 aliphatic carbocycles. The van der Waals surface area contributed by atoms with Gasteiger partial charge in [-0.2, -0.15) is 10.2 Å². The summed E-state index contributed by atoms with van der Waals surface area (Å²) in [6, 6.07) is 0. The SMILES string of the molecule is C#CCCC1(CCC(=O)N2CCCN(C(C)=O)CC2)N=N1. The minimum atomic E-state index is -0.390. The Kier molecular flexibility index (Phi) is 4.94. The molecule has 6 nitrogen and oxygen atoms in total. The molecule has 2 heterocycles. The Morgan fingerprint density at radius 3 is 2.43 bits per heavy atom. The molecule has 0 saturated carbocycles. The predicted molar refractivity (Wildman–Crippen MR) is 78.3 cm³/mol. The molecular weight excluding hydrogens is 268 g/mol. The number of hydrogen-bond donors (Lipinski definition) is 0. The minimum absolute atomic E-state index is 0.0770. The molecule has 1 saturated heterocycles. The van der Waals surface area contributed by atoms with Gasteiger partial charge in [0.15, 0.2) is 5.66 Å². The first-order valence-corrected chi connectivity index (χ1v) is 7.47. The van der Waals surface area contributed by atoms with E-state index in [1.165, 1.54) is 0 Å². The van der Waals surface area contributed by atoms with Gasteiger partial charge < -0.3 is 9.80 Å². The van der Waals surface area contributed by atoms with Crippen LogP contribution in [0.3, 0.4) is 0 Å². The van der Waals surface area contributed by atoms with Crippen molar-refractivity contribution in [1.29, 1.82) is 0 Å². The Morgan fingerprint density at radius 1 is 1.14 bits per heavy atom. The second-order valence-corrected chi connectivity index (χ2v) is 5.63. The maximum absolute atomic E-state index is 12.3. The fourth-order valence-corrected chi connectivity index (χ4v) is 2.62. The van der Waals surface area contributed by atoms with Gasteiger partial charge in [0.25, 0.3) is 0 Å². The predicted octanol–water partition coefficient (Wildman–Crippen LogP) is 1.42. The molecule has 0 atom stereocenters. The van der Waals surface area contributed by atoms with Crippen LogP contribution >= 0.6 is 0 Å². The van der Waals surface area contributed by atoms with Gasteiger partial charge in [0.05, 0.1) is 0 Å². The van der Waals surface area contributed by atoms with Crippen molar-refractivity contribution in [1.82, 2.24) is 9.80 Å². The van der Waals surface area contributed by atoms with E-state index in [0.717, 1.165) is 19.4 Å². The van der Waals surface area contributed by atoms with Crippen LogP contribution in [0.5, 0.6) is 0 Å². The van der Waals surface area contributed by atoms with Crippen molar-refractivity contribution in [2.24, 2.45) is 10.2 Å². The summed E-state index contributed by atoms with van der Waals surface area (Å²) in [5, 5.41) is 8.10. The Balaban J connectivity index is 1.76. The average molecular weight is 290 g/mol. The van der Waals surface area contributed by atoms with Crippen molar-refractivity contribution in [2.75, 3.05) is 26.2 Å². The minimum Gasteiger partial charge on any atom is -0.341 e. The van der Waals surface area contributed by atoms with Crippen molar-refractivity contribution in [2.45, 2.75) is 44.7 Å². The molecule has 2 rings (SSSR count). The van der Waals surface area contributed by atoms with E-state index in [9.17, 15) is 9.59 Å². The van der Waals surface area contributed by atoms with Crippen molar-refractivity contribution in [3.05, 3.63) is 0 Å². The first kappa shape index (κ1) is 15.5. The first-order chi connectivity index (χ1) is 10.1. The molecule has 2 aliphatic heterocycles. The molecule has 0 aromatic rings. The summed E-state index contributed by atoms with van der Waals surface area (Å²) in [4.78, 5) is 27.3. The molecule has 2 aliphatic rings. The molecule has 0 bridgehead atoms. The van der Waals surface area contributed by atoms with Gasteiger partial charge in [-0.3, -0.25) is 9.59 Å². The lowest BCUT2D eigenvalue weighted by molar-refractivity contribution is -0.132. The summed E-state index contributed by atoms with van der Waals surface area (Å²) in [6.07, 6.45) is 8.54. The van der Waals surface area contributed by atoms with Crippen LogP contribution in [-0.4, -0.2) is 53.5 Å². The molecule has 21 heavy (non-hydrogen) atoms. The van der Waals surface area contributed by atoms with Crippen LogP contribution in [0.15, 0.2) is 10.2 Å². The van der Waals surface area contributed by atoms with E-state index < -0.39 is 0 Å². The van der Waals surface area contributed by atoms with Crippen LogP contribution in [0.25, 0.3) is 0 Å². The van der Waals surface area contributed by atoms with Crippen LogP contribution in [0.1, 0.15) is 39.0 Å². The molecule has 0 aromatic heterocycles. The molecule has 114 valence electrons. The number of rotatable bonds is 5. The number of carbonyl (C=O) groups excluding carboxylic acids is 2. The highest BCUT2D eigenvalue weighted by Gasteiger charge is 2.39. The summed E-state index contributed by atoms with van der Waals surface area (Å²) in [5.74, 6) is 2.79. The van der Waals surface area contributed by atoms with Crippen LogP contribution in [0.4, 0.5) is 0 Å². The lowest BCUT2D eigenvalue weighted by Gasteiger charge is -2.22. The Hall–Kier alpha value is -1.90. The number of hydrogen-bond acceptors (Lipinski definition) is 4. The number of carbonyl (C=O) groups is 2. The molecule has 0 aromatic carbocycles. The van der Waals surface area contributed by atoms with Gasteiger partial charge in [-0.05, 0) is 6.42 Å². The van der Waals surface area contributed by atoms with E-state index in [-0.39, 0.29) is 17.5 Å². The molecule has 1 fully saturated rings. The maximum Gasteiger partial charge on any atom is 0.222 e. The van der Waals surface area contributed by atoms with Crippen molar-refractivity contribution >= 4 is 11.8 Å². The summed E-state index contributed by atoms with van der Waals surface area (Å²) in [7, 11) is 0. The summed E-state index contributed by atoms with van der Waals surface area (Å²) in [5.41, 5.74) is -0.390. The third-order valence-corrected chi connectivity index (χ3v) is 4.09. The van der Waals surface area contributed by atoms with Crippen LogP contribution in [-0.2, 0) is 9.59 Å². The molecule has 0 unspecified atom stereocenters. The van der Waals surface area contributed by atoms with Gasteiger partial charge in [-0.1, -0.05) is 0 Å². The van der Waals surface area contributed by atoms with Gasteiger partial charge in [0.2, 0.25) is 11.8 Å². The van der Waals surface area contributed by atoms with E-state index >= 15 is 0 Å². The highest BCUT2D eigenvalue weighted by Crippen LogP contribution is 2.37. The molecule has 2 amide bonds. The Morgan fingerprint density at radius 2 is 1.81 bits per heavy atom. The highest BCUT2D eigenvalue weighted by atomic mass is 16.2. The fraction of sp³-hybridized carbons (Fsp3) is 0.733. The van der Waals surface area contributed by atoms with Gasteiger partial charge in [-0.15, -0.1) is 12.3 Å². The van der Waals surface area contributed by atoms with E-state index in [1.54, 1.807) is 11.8 Å². The molecule has 6 heteroatoms. The Labute approximate surface area is 125 Å². The monoisotopic (exact) mass is 290 g/mol. The zero-order valence-corrected chi connectivity index (χ0v) is 12.5. The van der Waals surface area contributed by atoms with Crippen molar-refractivity contribution in [3.63, 3.8) is 0 Å². The number of nitrogens with zero attached hydrogens (tertiary/aromatic N) is 4. The molecule has 0 spiro atoms. The smallest absolute Gasteiger partial charge is 0.222 e. The fourth-order valence-electron chi connectivity index (χ4n) is 2.62. The van der Waals surface area contributed by atoms with Gasteiger partial charge in [0.1, 0.15) is 0 Å². The lowest BCUT2D eigenvalue weighted by atomic mass is 10.0. The van der Waals surface area contributed by atoms with Crippen LogP contribution < -0.4 is 0 Å². The van der Waals surface area contributed by atoms with E-state index in [1.807, 2.05) is 4.90 Å². The molecule has 0 radical (unpaired) electrons. The summed E-state index contributed by atoms with van der Waals surface area (Å²) in [6.45, 7) is 4.26.